The first-order chi connectivity index (χ1) is 12.1. The van der Waals surface area contributed by atoms with E-state index in [-0.39, 0.29) is 18.1 Å². The molecule has 2 aromatic rings. The number of anilines is 1. The molecule has 0 unspecified atom stereocenters. The van der Waals surface area contributed by atoms with Crippen LogP contribution in [0.3, 0.4) is 0 Å². The van der Waals surface area contributed by atoms with E-state index < -0.39 is 0 Å². The molecule has 0 aliphatic heterocycles. The van der Waals surface area contributed by atoms with Crippen LogP contribution in [0.4, 0.5) is 10.5 Å². The van der Waals surface area contributed by atoms with E-state index in [0.717, 1.165) is 12.8 Å². The van der Waals surface area contributed by atoms with Gasteiger partial charge in [0.25, 0.3) is 0 Å². The van der Waals surface area contributed by atoms with Gasteiger partial charge < -0.3 is 10.2 Å². The lowest BCUT2D eigenvalue weighted by molar-refractivity contribution is 0.140. The third-order valence-electron chi connectivity index (χ3n) is 4.75. The summed E-state index contributed by atoms with van der Waals surface area (Å²) < 4.78 is 0. The van der Waals surface area contributed by atoms with Gasteiger partial charge in [-0.25, -0.2) is 4.79 Å². The summed E-state index contributed by atoms with van der Waals surface area (Å²) in [6.07, 6.45) is 5.73. The molecule has 0 bridgehead atoms. The highest BCUT2D eigenvalue weighted by Crippen LogP contribution is 2.33. The van der Waals surface area contributed by atoms with Crippen LogP contribution >= 0.6 is 34.5 Å². The van der Waals surface area contributed by atoms with Crippen LogP contribution in [0.15, 0.2) is 35.7 Å². The molecule has 1 N–H and O–H groups in total. The molecule has 1 atom stereocenters. The van der Waals surface area contributed by atoms with E-state index in [1.54, 1.807) is 29.5 Å². The Morgan fingerprint density at radius 3 is 2.60 bits per heavy atom. The summed E-state index contributed by atoms with van der Waals surface area (Å²) in [6.45, 7) is 2.11. The fourth-order valence-electron chi connectivity index (χ4n) is 3.45. The largest absolute Gasteiger partial charge is 0.322 e. The number of nitrogens with one attached hydrogen (secondary N) is 1. The van der Waals surface area contributed by atoms with Crippen molar-refractivity contribution in [3.63, 3.8) is 0 Å². The predicted octanol–water partition coefficient (Wildman–Crippen LogP) is 6.98. The van der Waals surface area contributed by atoms with Gasteiger partial charge in [-0.05, 0) is 49.4 Å². The molecule has 6 heteroatoms. The van der Waals surface area contributed by atoms with Gasteiger partial charge in [0.2, 0.25) is 0 Å². The molecule has 1 heterocycles. The van der Waals surface area contributed by atoms with Crippen molar-refractivity contribution in [1.82, 2.24) is 4.90 Å². The Bertz CT molecular complexity index is 714. The second-order valence-electron chi connectivity index (χ2n) is 6.45. The molecule has 1 aromatic carbocycles. The monoisotopic (exact) mass is 396 g/mol. The maximum atomic E-state index is 13.1. The fourth-order valence-corrected chi connectivity index (χ4v) is 4.53. The van der Waals surface area contributed by atoms with Gasteiger partial charge in [-0.15, -0.1) is 11.3 Å². The summed E-state index contributed by atoms with van der Waals surface area (Å²) in [6, 6.07) is 9.54. The highest BCUT2D eigenvalue weighted by atomic mass is 35.5. The number of benzene rings is 1. The first kappa shape index (κ1) is 18.6. The number of carbonyl (C=O) groups is 1. The number of carbonyl (C=O) groups excluding carboxylic acids is 1. The number of thiophene rings is 1. The molecule has 0 spiro atoms. The zero-order chi connectivity index (χ0) is 17.8. The zero-order valence-electron chi connectivity index (χ0n) is 14.2. The maximum absolute atomic E-state index is 13.1. The second-order valence-corrected chi connectivity index (χ2v) is 8.24. The molecule has 0 saturated heterocycles. The van der Waals surface area contributed by atoms with Gasteiger partial charge >= 0.3 is 6.03 Å². The lowest BCUT2D eigenvalue weighted by atomic mass is 9.93. The number of rotatable bonds is 4. The van der Waals surface area contributed by atoms with Crippen molar-refractivity contribution in [1.29, 1.82) is 0 Å². The molecule has 1 aliphatic rings. The molecular formula is C19H22Cl2N2OS. The van der Waals surface area contributed by atoms with E-state index in [4.69, 9.17) is 23.2 Å². The van der Waals surface area contributed by atoms with E-state index in [2.05, 4.69) is 23.7 Å². The SMILES string of the molecule is C[C@@H](c1cccs1)N(C(=O)Nc1ccc(Cl)c(Cl)c1)C1CCCCC1. The summed E-state index contributed by atoms with van der Waals surface area (Å²) in [5.41, 5.74) is 0.665. The van der Waals surface area contributed by atoms with E-state index in [1.807, 2.05) is 11.0 Å². The molecule has 1 aromatic heterocycles. The standard InChI is InChI=1S/C19H22Cl2N2OS/c1-13(18-8-5-11-25-18)23(15-6-3-2-4-7-15)19(24)22-14-9-10-16(20)17(21)12-14/h5,8-13,15H,2-4,6-7H2,1H3,(H,22,24)/t13-/m0/s1. The molecule has 134 valence electrons. The fraction of sp³-hybridized carbons (Fsp3) is 0.421. The van der Waals surface area contributed by atoms with Crippen LogP contribution in [0, 0.1) is 0 Å². The predicted molar refractivity (Wildman–Crippen MR) is 107 cm³/mol. The number of halogens is 2. The Hall–Kier alpha value is -1.23. The average Bonchev–Trinajstić information content (AvgIpc) is 3.14. The lowest BCUT2D eigenvalue weighted by Crippen LogP contribution is -2.45. The third kappa shape index (κ3) is 4.49. The van der Waals surface area contributed by atoms with Gasteiger partial charge in [-0.1, -0.05) is 48.5 Å². The van der Waals surface area contributed by atoms with Gasteiger partial charge in [-0.3, -0.25) is 0 Å². The van der Waals surface area contributed by atoms with Crippen molar-refractivity contribution >= 4 is 46.3 Å². The Kier molecular flexibility index (Phi) is 6.26. The number of nitrogens with zero attached hydrogens (tertiary/aromatic N) is 1. The number of urea groups is 1. The minimum absolute atomic E-state index is 0.0471. The molecule has 25 heavy (non-hydrogen) atoms. The minimum Gasteiger partial charge on any atom is -0.314 e. The first-order valence-corrected chi connectivity index (χ1v) is 10.3. The van der Waals surface area contributed by atoms with Crippen LogP contribution in [0.2, 0.25) is 10.0 Å². The van der Waals surface area contributed by atoms with E-state index in [0.29, 0.717) is 15.7 Å². The number of amides is 2. The quantitative estimate of drug-likeness (QED) is 0.593. The van der Waals surface area contributed by atoms with Gasteiger partial charge in [0, 0.05) is 16.6 Å². The van der Waals surface area contributed by atoms with E-state index in [1.165, 1.54) is 24.1 Å². The molecule has 1 saturated carbocycles. The van der Waals surface area contributed by atoms with Gasteiger partial charge in [0.05, 0.1) is 16.1 Å². The number of hydrogen-bond donors (Lipinski definition) is 1. The summed E-state index contributed by atoms with van der Waals surface area (Å²) >= 11 is 13.7. The van der Waals surface area contributed by atoms with Crippen molar-refractivity contribution in [3.05, 3.63) is 50.6 Å². The Labute approximate surface area is 162 Å². The first-order valence-electron chi connectivity index (χ1n) is 8.64. The summed E-state index contributed by atoms with van der Waals surface area (Å²) in [5, 5.41) is 5.98. The van der Waals surface area contributed by atoms with Gasteiger partial charge in [0.1, 0.15) is 0 Å². The Balaban J connectivity index is 1.82. The number of hydrogen-bond acceptors (Lipinski definition) is 2. The summed E-state index contributed by atoms with van der Waals surface area (Å²) in [5.74, 6) is 0. The second kappa shape index (κ2) is 8.43. The van der Waals surface area contributed by atoms with Gasteiger partial charge in [0.15, 0.2) is 0 Å². The lowest BCUT2D eigenvalue weighted by Gasteiger charge is -2.38. The van der Waals surface area contributed by atoms with Crippen LogP contribution in [0.25, 0.3) is 0 Å². The molecule has 2 amide bonds. The molecule has 3 nitrogen and oxygen atoms in total. The van der Waals surface area contributed by atoms with Crippen LogP contribution < -0.4 is 5.32 Å². The minimum atomic E-state index is -0.0776. The van der Waals surface area contributed by atoms with Crippen molar-refractivity contribution in [2.24, 2.45) is 0 Å². The molecular weight excluding hydrogens is 375 g/mol. The molecule has 0 radical (unpaired) electrons. The van der Waals surface area contributed by atoms with Gasteiger partial charge in [-0.2, -0.15) is 0 Å². The van der Waals surface area contributed by atoms with Crippen LogP contribution in [-0.2, 0) is 0 Å². The van der Waals surface area contributed by atoms with Crippen molar-refractivity contribution in [2.75, 3.05) is 5.32 Å². The highest BCUT2D eigenvalue weighted by molar-refractivity contribution is 7.10. The van der Waals surface area contributed by atoms with Crippen LogP contribution in [-0.4, -0.2) is 17.0 Å². The maximum Gasteiger partial charge on any atom is 0.322 e. The Morgan fingerprint density at radius 1 is 1.20 bits per heavy atom. The van der Waals surface area contributed by atoms with E-state index in [9.17, 15) is 4.79 Å². The smallest absolute Gasteiger partial charge is 0.314 e. The van der Waals surface area contributed by atoms with Crippen LogP contribution in [0.5, 0.6) is 0 Å². The zero-order valence-corrected chi connectivity index (χ0v) is 16.5. The normalized spacial score (nSPS) is 16.4. The van der Waals surface area contributed by atoms with Crippen molar-refractivity contribution in [3.8, 4) is 0 Å². The summed E-state index contributed by atoms with van der Waals surface area (Å²) in [7, 11) is 0. The molecule has 1 fully saturated rings. The third-order valence-corrected chi connectivity index (χ3v) is 6.53. The molecule has 3 rings (SSSR count). The Morgan fingerprint density at radius 2 is 1.96 bits per heavy atom. The van der Waals surface area contributed by atoms with Crippen molar-refractivity contribution in [2.45, 2.75) is 51.1 Å². The van der Waals surface area contributed by atoms with Crippen molar-refractivity contribution < 1.29 is 4.79 Å². The van der Waals surface area contributed by atoms with E-state index >= 15 is 0 Å². The topological polar surface area (TPSA) is 32.3 Å². The highest BCUT2D eigenvalue weighted by Gasteiger charge is 2.30. The van der Waals surface area contributed by atoms with Crippen LogP contribution in [0.1, 0.15) is 49.9 Å². The average molecular weight is 397 g/mol. The summed E-state index contributed by atoms with van der Waals surface area (Å²) in [4.78, 5) is 16.3. The molecule has 1 aliphatic carbocycles.